The van der Waals surface area contributed by atoms with Crippen molar-refractivity contribution in [3.63, 3.8) is 0 Å². The number of hydrogen-bond donors (Lipinski definition) is 0. The van der Waals surface area contributed by atoms with Crippen LogP contribution in [0.3, 0.4) is 0 Å². The van der Waals surface area contributed by atoms with Crippen LogP contribution in [0, 0.1) is 0 Å². The molecular weight excluding hydrogens is 300 g/mol. The number of hydrogen-bond acceptors (Lipinski definition) is 3. The molecule has 0 aliphatic rings. The molecule has 0 spiro atoms. The number of benzene rings is 3. The first kappa shape index (κ1) is 15.8. The summed E-state index contributed by atoms with van der Waals surface area (Å²) in [6, 6.07) is 26.4. The SMILES string of the molecule is O=C(COc1ccccc1)c1ccc(OCc2ccccc2)cc1. The number of para-hydroxylation sites is 1. The number of carbonyl (C=O) groups is 1. The van der Waals surface area contributed by atoms with Crippen LogP contribution in [-0.2, 0) is 6.61 Å². The van der Waals surface area contributed by atoms with Crippen LogP contribution in [0.5, 0.6) is 11.5 Å². The van der Waals surface area contributed by atoms with Crippen LogP contribution < -0.4 is 9.47 Å². The lowest BCUT2D eigenvalue weighted by Gasteiger charge is -2.08. The molecule has 0 atom stereocenters. The van der Waals surface area contributed by atoms with Crippen molar-refractivity contribution < 1.29 is 14.3 Å². The summed E-state index contributed by atoms with van der Waals surface area (Å²) in [7, 11) is 0. The fraction of sp³-hybridized carbons (Fsp3) is 0.0952. The number of Topliss-reactive ketones (excluding diaryl/α,β-unsaturated/α-hetero) is 1. The maximum Gasteiger partial charge on any atom is 0.200 e. The highest BCUT2D eigenvalue weighted by Crippen LogP contribution is 2.15. The molecule has 3 aromatic carbocycles. The van der Waals surface area contributed by atoms with Crippen molar-refractivity contribution in [1.82, 2.24) is 0 Å². The van der Waals surface area contributed by atoms with E-state index in [0.717, 1.165) is 11.3 Å². The van der Waals surface area contributed by atoms with Crippen LogP contribution in [0.25, 0.3) is 0 Å². The molecule has 0 unspecified atom stereocenters. The Bertz CT molecular complexity index is 765. The van der Waals surface area contributed by atoms with Crippen molar-refractivity contribution >= 4 is 5.78 Å². The van der Waals surface area contributed by atoms with Gasteiger partial charge >= 0.3 is 0 Å². The van der Waals surface area contributed by atoms with Gasteiger partial charge in [-0.3, -0.25) is 4.79 Å². The smallest absolute Gasteiger partial charge is 0.200 e. The van der Waals surface area contributed by atoms with Crippen molar-refractivity contribution in [2.75, 3.05) is 6.61 Å². The lowest BCUT2D eigenvalue weighted by atomic mass is 10.1. The monoisotopic (exact) mass is 318 g/mol. The Kier molecular flexibility index (Phi) is 5.25. The average molecular weight is 318 g/mol. The fourth-order valence-electron chi connectivity index (χ4n) is 2.23. The van der Waals surface area contributed by atoms with E-state index in [2.05, 4.69) is 0 Å². The molecule has 3 nitrogen and oxygen atoms in total. The van der Waals surface area contributed by atoms with E-state index in [0.29, 0.717) is 17.9 Å². The van der Waals surface area contributed by atoms with E-state index in [1.54, 1.807) is 24.3 Å². The zero-order valence-corrected chi connectivity index (χ0v) is 13.2. The van der Waals surface area contributed by atoms with E-state index >= 15 is 0 Å². The first-order chi connectivity index (χ1) is 11.8. The third-order valence-electron chi connectivity index (χ3n) is 3.54. The molecule has 0 aliphatic heterocycles. The molecule has 24 heavy (non-hydrogen) atoms. The Morgan fingerprint density at radius 3 is 1.92 bits per heavy atom. The van der Waals surface area contributed by atoms with Gasteiger partial charge in [-0.1, -0.05) is 48.5 Å². The Labute approximate surface area is 141 Å². The number of carbonyl (C=O) groups excluding carboxylic acids is 1. The molecule has 0 amide bonds. The van der Waals surface area contributed by atoms with Crippen LogP contribution >= 0.6 is 0 Å². The second kappa shape index (κ2) is 7.97. The van der Waals surface area contributed by atoms with Crippen molar-refractivity contribution in [2.24, 2.45) is 0 Å². The van der Waals surface area contributed by atoms with Gasteiger partial charge in [-0.25, -0.2) is 0 Å². The van der Waals surface area contributed by atoms with E-state index in [-0.39, 0.29) is 12.4 Å². The summed E-state index contributed by atoms with van der Waals surface area (Å²) < 4.78 is 11.2. The fourth-order valence-corrected chi connectivity index (χ4v) is 2.23. The maximum absolute atomic E-state index is 12.1. The van der Waals surface area contributed by atoms with Gasteiger partial charge in [0, 0.05) is 5.56 Å². The van der Waals surface area contributed by atoms with E-state index < -0.39 is 0 Å². The second-order valence-corrected chi connectivity index (χ2v) is 5.32. The van der Waals surface area contributed by atoms with Gasteiger partial charge in [-0.15, -0.1) is 0 Å². The largest absolute Gasteiger partial charge is 0.489 e. The highest BCUT2D eigenvalue weighted by molar-refractivity contribution is 5.97. The summed E-state index contributed by atoms with van der Waals surface area (Å²) in [5, 5.41) is 0. The van der Waals surface area contributed by atoms with Crippen LogP contribution in [0.15, 0.2) is 84.9 Å². The molecule has 3 heteroatoms. The minimum absolute atomic E-state index is 0.0221. The molecule has 3 rings (SSSR count). The third-order valence-corrected chi connectivity index (χ3v) is 3.54. The van der Waals surface area contributed by atoms with Crippen molar-refractivity contribution in [2.45, 2.75) is 6.61 Å². The summed E-state index contributed by atoms with van der Waals surface area (Å²) in [5.74, 6) is 1.36. The van der Waals surface area contributed by atoms with Gasteiger partial charge in [0.15, 0.2) is 12.4 Å². The van der Waals surface area contributed by atoms with Crippen molar-refractivity contribution in [3.05, 3.63) is 96.1 Å². The minimum Gasteiger partial charge on any atom is -0.489 e. The summed E-state index contributed by atoms with van der Waals surface area (Å²) in [6.45, 7) is 0.527. The topological polar surface area (TPSA) is 35.5 Å². The predicted molar refractivity (Wildman–Crippen MR) is 93.5 cm³/mol. The van der Waals surface area contributed by atoms with E-state index in [4.69, 9.17) is 9.47 Å². The maximum atomic E-state index is 12.1. The molecule has 0 saturated carbocycles. The molecule has 0 radical (unpaired) electrons. The Balaban J connectivity index is 1.53. The van der Waals surface area contributed by atoms with Gasteiger partial charge < -0.3 is 9.47 Å². The number of rotatable bonds is 7. The lowest BCUT2D eigenvalue weighted by molar-refractivity contribution is 0.0921. The molecule has 0 N–H and O–H groups in total. The van der Waals surface area contributed by atoms with Gasteiger partial charge in [-0.2, -0.15) is 0 Å². The van der Waals surface area contributed by atoms with Crippen molar-refractivity contribution in [1.29, 1.82) is 0 Å². The van der Waals surface area contributed by atoms with Crippen LogP contribution in [0.4, 0.5) is 0 Å². The van der Waals surface area contributed by atoms with Crippen LogP contribution in [0.1, 0.15) is 15.9 Å². The number of ether oxygens (including phenoxy) is 2. The summed E-state index contributed by atoms with van der Waals surface area (Å²) in [5.41, 5.74) is 1.71. The summed E-state index contributed by atoms with van der Waals surface area (Å²) in [6.07, 6.45) is 0. The Hall–Kier alpha value is -3.07. The Morgan fingerprint density at radius 1 is 0.667 bits per heavy atom. The van der Waals surface area contributed by atoms with Crippen molar-refractivity contribution in [3.8, 4) is 11.5 Å². The van der Waals surface area contributed by atoms with Gasteiger partial charge in [0.05, 0.1) is 0 Å². The van der Waals surface area contributed by atoms with Gasteiger partial charge in [0.25, 0.3) is 0 Å². The van der Waals surface area contributed by atoms with E-state index in [9.17, 15) is 4.79 Å². The van der Waals surface area contributed by atoms with Crippen LogP contribution in [-0.4, -0.2) is 12.4 Å². The zero-order valence-electron chi connectivity index (χ0n) is 13.2. The second-order valence-electron chi connectivity index (χ2n) is 5.32. The molecule has 120 valence electrons. The quantitative estimate of drug-likeness (QED) is 0.601. The van der Waals surface area contributed by atoms with Gasteiger partial charge in [-0.05, 0) is 42.0 Å². The van der Waals surface area contributed by atoms with E-state index in [1.165, 1.54) is 0 Å². The Morgan fingerprint density at radius 2 is 1.25 bits per heavy atom. The summed E-state index contributed by atoms with van der Waals surface area (Å²) in [4.78, 5) is 12.1. The third kappa shape index (κ3) is 4.46. The highest BCUT2D eigenvalue weighted by Gasteiger charge is 2.07. The average Bonchev–Trinajstić information content (AvgIpc) is 2.66. The molecular formula is C21H18O3. The molecule has 0 fully saturated rings. The normalized spacial score (nSPS) is 10.2. The minimum atomic E-state index is -0.0616. The number of ketones is 1. The van der Waals surface area contributed by atoms with Crippen LogP contribution in [0.2, 0.25) is 0 Å². The lowest BCUT2D eigenvalue weighted by Crippen LogP contribution is -2.11. The molecule has 0 heterocycles. The predicted octanol–water partition coefficient (Wildman–Crippen LogP) is 4.53. The first-order valence-corrected chi connectivity index (χ1v) is 7.79. The summed E-state index contributed by atoms with van der Waals surface area (Å²) >= 11 is 0. The molecule has 3 aromatic rings. The van der Waals surface area contributed by atoms with Gasteiger partial charge in [0.1, 0.15) is 18.1 Å². The molecule has 0 saturated heterocycles. The molecule has 0 aliphatic carbocycles. The highest BCUT2D eigenvalue weighted by atomic mass is 16.5. The van der Waals surface area contributed by atoms with Gasteiger partial charge in [0.2, 0.25) is 0 Å². The first-order valence-electron chi connectivity index (χ1n) is 7.79. The zero-order chi connectivity index (χ0) is 16.6. The molecule has 0 bridgehead atoms. The standard InChI is InChI=1S/C21H18O3/c22-21(16-24-19-9-5-2-6-10-19)18-11-13-20(14-12-18)23-15-17-7-3-1-4-8-17/h1-14H,15-16H2. The van der Waals surface area contributed by atoms with E-state index in [1.807, 2.05) is 60.7 Å². The molecule has 0 aromatic heterocycles.